The molecule has 0 aliphatic rings. The van der Waals surface area contributed by atoms with Crippen LogP contribution in [0.4, 0.5) is 18.9 Å². The van der Waals surface area contributed by atoms with Crippen molar-refractivity contribution in [1.82, 2.24) is 4.90 Å². The molecule has 0 aliphatic carbocycles. The second kappa shape index (κ2) is 10.6. The Kier molecular flexibility index (Phi) is 7.97. The summed E-state index contributed by atoms with van der Waals surface area (Å²) in [5.74, 6) is -0.134. The van der Waals surface area contributed by atoms with Crippen LogP contribution in [0.2, 0.25) is 5.02 Å². The van der Waals surface area contributed by atoms with Gasteiger partial charge in [0.1, 0.15) is 12.3 Å². The number of carbonyl (C=O) groups is 1. The van der Waals surface area contributed by atoms with Gasteiger partial charge in [-0.3, -0.25) is 9.10 Å². The van der Waals surface area contributed by atoms with E-state index in [4.69, 9.17) is 16.3 Å². The van der Waals surface area contributed by atoms with Gasteiger partial charge in [-0.25, -0.2) is 8.42 Å². The predicted molar refractivity (Wildman–Crippen MR) is 127 cm³/mol. The standard InChI is InChI=1S/C24H22ClF3N2O4S/c1-29(15-17-8-6-7-11-22(17)34-2)23(31)16-30(35(32,33)19-9-4-3-5-10-19)21-14-18(24(26,27)28)12-13-20(21)25/h3-14H,15-16H2,1-2H3. The fourth-order valence-corrected chi connectivity index (χ4v) is 5.04. The molecular formula is C24H22ClF3N2O4S. The molecule has 0 aliphatic heterocycles. The van der Waals surface area contributed by atoms with E-state index >= 15 is 0 Å². The van der Waals surface area contributed by atoms with Crippen molar-refractivity contribution in [2.45, 2.75) is 17.6 Å². The zero-order chi connectivity index (χ0) is 25.8. The summed E-state index contributed by atoms with van der Waals surface area (Å²) in [5, 5.41) is -0.252. The number of rotatable bonds is 8. The highest BCUT2D eigenvalue weighted by atomic mass is 35.5. The number of anilines is 1. The molecule has 0 saturated heterocycles. The second-order valence-electron chi connectivity index (χ2n) is 7.55. The number of sulfonamides is 1. The Labute approximate surface area is 206 Å². The van der Waals surface area contributed by atoms with Crippen LogP contribution >= 0.6 is 11.6 Å². The molecule has 1 amide bonds. The Morgan fingerprint density at radius 2 is 1.63 bits per heavy atom. The third kappa shape index (κ3) is 6.07. The summed E-state index contributed by atoms with van der Waals surface area (Å²) >= 11 is 6.15. The zero-order valence-corrected chi connectivity index (χ0v) is 20.4. The average molecular weight is 527 g/mol. The highest BCUT2D eigenvalue weighted by molar-refractivity contribution is 7.92. The number of hydrogen-bond donors (Lipinski definition) is 0. The number of likely N-dealkylation sites (N-methyl/N-ethyl adjacent to an activating group) is 1. The number of ether oxygens (including phenoxy) is 1. The number of halogens is 4. The third-order valence-electron chi connectivity index (χ3n) is 5.18. The number of alkyl halides is 3. The summed E-state index contributed by atoms with van der Waals surface area (Å²) in [5.41, 5.74) is -0.884. The van der Waals surface area contributed by atoms with Crippen LogP contribution in [0, 0.1) is 0 Å². The fourth-order valence-electron chi connectivity index (χ4n) is 3.32. The molecule has 0 atom stereocenters. The maximum absolute atomic E-state index is 13.5. The summed E-state index contributed by atoms with van der Waals surface area (Å²) in [4.78, 5) is 14.2. The van der Waals surface area contributed by atoms with Crippen LogP contribution in [0.25, 0.3) is 0 Å². The number of amides is 1. The SMILES string of the molecule is COc1ccccc1CN(C)C(=O)CN(c1cc(C(F)(F)F)ccc1Cl)S(=O)(=O)c1ccccc1. The minimum atomic E-state index is -4.74. The highest BCUT2D eigenvalue weighted by Gasteiger charge is 2.35. The van der Waals surface area contributed by atoms with E-state index in [1.807, 2.05) is 0 Å². The zero-order valence-electron chi connectivity index (χ0n) is 18.8. The number of nitrogens with zero attached hydrogens (tertiary/aromatic N) is 2. The molecule has 0 saturated carbocycles. The van der Waals surface area contributed by atoms with Gasteiger partial charge >= 0.3 is 6.18 Å². The fraction of sp³-hybridized carbons (Fsp3) is 0.208. The molecule has 0 heterocycles. The van der Waals surface area contributed by atoms with Crippen LogP contribution in [0.1, 0.15) is 11.1 Å². The van der Waals surface area contributed by atoms with Gasteiger partial charge in [-0.1, -0.05) is 48.0 Å². The lowest BCUT2D eigenvalue weighted by molar-refractivity contribution is -0.137. The monoisotopic (exact) mass is 526 g/mol. The minimum Gasteiger partial charge on any atom is -0.496 e. The van der Waals surface area contributed by atoms with Crippen molar-refractivity contribution in [3.05, 3.63) is 88.9 Å². The van der Waals surface area contributed by atoms with Gasteiger partial charge in [-0.15, -0.1) is 0 Å². The van der Waals surface area contributed by atoms with Gasteiger partial charge in [-0.05, 0) is 36.4 Å². The molecule has 0 fully saturated rings. The molecule has 0 spiro atoms. The molecule has 186 valence electrons. The van der Waals surface area contributed by atoms with E-state index in [2.05, 4.69) is 0 Å². The van der Waals surface area contributed by atoms with Crippen LogP contribution < -0.4 is 9.04 Å². The van der Waals surface area contributed by atoms with E-state index < -0.39 is 39.9 Å². The molecule has 0 unspecified atom stereocenters. The Balaban J connectivity index is 2.02. The van der Waals surface area contributed by atoms with Gasteiger partial charge in [0, 0.05) is 19.2 Å². The molecular weight excluding hydrogens is 505 g/mol. The molecule has 0 bridgehead atoms. The van der Waals surface area contributed by atoms with Crippen molar-refractivity contribution in [3.63, 3.8) is 0 Å². The van der Waals surface area contributed by atoms with E-state index in [1.54, 1.807) is 30.3 Å². The normalized spacial score (nSPS) is 11.7. The Hall–Kier alpha value is -3.24. The summed E-state index contributed by atoms with van der Waals surface area (Å²) < 4.78 is 73.0. The van der Waals surface area contributed by atoms with Crippen LogP contribution in [-0.4, -0.2) is 39.9 Å². The van der Waals surface area contributed by atoms with Gasteiger partial charge in [-0.2, -0.15) is 13.2 Å². The van der Waals surface area contributed by atoms with Gasteiger partial charge < -0.3 is 9.64 Å². The average Bonchev–Trinajstić information content (AvgIpc) is 2.83. The quantitative estimate of drug-likeness (QED) is 0.403. The molecule has 6 nitrogen and oxygen atoms in total. The van der Waals surface area contributed by atoms with Gasteiger partial charge in [0.2, 0.25) is 5.91 Å². The highest BCUT2D eigenvalue weighted by Crippen LogP contribution is 2.37. The first-order valence-electron chi connectivity index (χ1n) is 10.3. The first-order chi connectivity index (χ1) is 16.4. The predicted octanol–water partition coefficient (Wildman–Crippen LogP) is 5.22. The maximum atomic E-state index is 13.5. The molecule has 11 heteroatoms. The first-order valence-corrected chi connectivity index (χ1v) is 12.1. The Morgan fingerprint density at radius 1 is 1.00 bits per heavy atom. The van der Waals surface area contributed by atoms with E-state index in [0.29, 0.717) is 21.7 Å². The van der Waals surface area contributed by atoms with Crippen LogP contribution in [0.15, 0.2) is 77.7 Å². The molecule has 0 radical (unpaired) electrons. The second-order valence-corrected chi connectivity index (χ2v) is 9.82. The van der Waals surface area contributed by atoms with E-state index in [9.17, 15) is 26.4 Å². The minimum absolute atomic E-state index is 0.0817. The third-order valence-corrected chi connectivity index (χ3v) is 7.27. The molecule has 3 rings (SSSR count). The number of methoxy groups -OCH3 is 1. The maximum Gasteiger partial charge on any atom is 0.416 e. The lowest BCUT2D eigenvalue weighted by atomic mass is 10.2. The number of carbonyl (C=O) groups excluding carboxylic acids is 1. The van der Waals surface area contributed by atoms with E-state index in [1.165, 1.54) is 43.3 Å². The first kappa shape index (κ1) is 26.4. The lowest BCUT2D eigenvalue weighted by Crippen LogP contribution is -2.41. The summed E-state index contributed by atoms with van der Waals surface area (Å²) in [6.45, 7) is -0.692. The smallest absolute Gasteiger partial charge is 0.416 e. The molecule has 3 aromatic carbocycles. The topological polar surface area (TPSA) is 66.9 Å². The van der Waals surface area contributed by atoms with Gasteiger partial charge in [0.15, 0.2) is 0 Å². The Bertz CT molecular complexity index is 1300. The van der Waals surface area contributed by atoms with E-state index in [-0.39, 0.29) is 16.5 Å². The van der Waals surface area contributed by atoms with Crippen LogP contribution in [0.3, 0.4) is 0 Å². The van der Waals surface area contributed by atoms with Crippen molar-refractivity contribution < 1.29 is 31.1 Å². The summed E-state index contributed by atoms with van der Waals surface area (Å²) in [6, 6.07) is 16.4. The van der Waals surface area contributed by atoms with Gasteiger partial charge in [0.25, 0.3) is 10.0 Å². The number of para-hydroxylation sites is 1. The Morgan fingerprint density at radius 3 is 2.26 bits per heavy atom. The van der Waals surface area contributed by atoms with Crippen molar-refractivity contribution in [2.24, 2.45) is 0 Å². The molecule has 0 N–H and O–H groups in total. The number of benzene rings is 3. The molecule has 3 aromatic rings. The molecule has 0 aromatic heterocycles. The van der Waals surface area contributed by atoms with Crippen molar-refractivity contribution in [1.29, 1.82) is 0 Å². The lowest BCUT2D eigenvalue weighted by Gasteiger charge is -2.28. The largest absolute Gasteiger partial charge is 0.496 e. The molecule has 35 heavy (non-hydrogen) atoms. The summed E-state index contributed by atoms with van der Waals surface area (Å²) in [6.07, 6.45) is -4.74. The van der Waals surface area contributed by atoms with Crippen LogP contribution in [-0.2, 0) is 27.5 Å². The van der Waals surface area contributed by atoms with Crippen molar-refractivity contribution in [2.75, 3.05) is 25.0 Å². The van der Waals surface area contributed by atoms with Crippen LogP contribution in [0.5, 0.6) is 5.75 Å². The van der Waals surface area contributed by atoms with Crippen molar-refractivity contribution >= 4 is 33.2 Å². The van der Waals surface area contributed by atoms with Gasteiger partial charge in [0.05, 0.1) is 28.3 Å². The van der Waals surface area contributed by atoms with E-state index in [0.717, 1.165) is 12.1 Å². The summed E-state index contributed by atoms with van der Waals surface area (Å²) in [7, 11) is -1.51. The number of hydrogen-bond acceptors (Lipinski definition) is 4. The van der Waals surface area contributed by atoms with Crippen molar-refractivity contribution in [3.8, 4) is 5.75 Å².